The average molecular weight is 399 g/mol. The molecule has 1 amide bonds. The van der Waals surface area contributed by atoms with Crippen LogP contribution in [-0.4, -0.2) is 24.3 Å². The lowest BCUT2D eigenvalue weighted by Crippen LogP contribution is -2.18. The van der Waals surface area contributed by atoms with Crippen LogP contribution in [-0.2, 0) is 27.3 Å². The molecule has 0 aliphatic carbocycles. The Morgan fingerprint density at radius 2 is 1.93 bits per heavy atom. The molecule has 0 atom stereocenters. The molecule has 1 aromatic carbocycles. The van der Waals surface area contributed by atoms with Gasteiger partial charge >= 0.3 is 5.97 Å². The second-order valence-electron chi connectivity index (χ2n) is 6.58. The van der Waals surface area contributed by atoms with Crippen molar-refractivity contribution in [2.45, 2.75) is 33.7 Å². The molecular formula is C21H21NO5S. The summed E-state index contributed by atoms with van der Waals surface area (Å²) in [5, 5.41) is 3.56. The van der Waals surface area contributed by atoms with Gasteiger partial charge in [-0.3, -0.25) is 14.4 Å². The second-order valence-corrected chi connectivity index (χ2v) is 7.75. The summed E-state index contributed by atoms with van der Waals surface area (Å²) in [6.45, 7) is 5.48. The van der Waals surface area contributed by atoms with E-state index < -0.39 is 5.97 Å². The molecule has 3 aromatic rings. The summed E-state index contributed by atoms with van der Waals surface area (Å²) in [7, 11) is 0. The predicted molar refractivity (Wildman–Crippen MR) is 107 cm³/mol. The molecular weight excluding hydrogens is 378 g/mol. The normalized spacial score (nSPS) is 10.8. The number of benzene rings is 1. The molecule has 0 saturated heterocycles. The Balaban J connectivity index is 1.56. The maximum absolute atomic E-state index is 12.2. The Hall–Kier alpha value is -2.93. The number of furan rings is 1. The van der Waals surface area contributed by atoms with Gasteiger partial charge in [-0.1, -0.05) is 12.1 Å². The number of thiophene rings is 1. The second kappa shape index (κ2) is 8.39. The minimum absolute atomic E-state index is 0.0427. The number of aryl methyl sites for hydroxylation is 2. The zero-order chi connectivity index (χ0) is 20.3. The SMILES string of the molecule is CC(=O)NCc1ccc(C(=O)COC(=O)Cc2coc3c(C)c(C)ccc23)s1. The third-order valence-corrected chi connectivity index (χ3v) is 5.62. The van der Waals surface area contributed by atoms with Crippen molar-refractivity contribution in [3.05, 3.63) is 57.0 Å². The van der Waals surface area contributed by atoms with Crippen LogP contribution in [0.3, 0.4) is 0 Å². The highest BCUT2D eigenvalue weighted by Crippen LogP contribution is 2.27. The number of ketones is 1. The number of hydrogen-bond acceptors (Lipinski definition) is 6. The topological polar surface area (TPSA) is 85.6 Å². The Kier molecular flexibility index (Phi) is 5.94. The molecule has 0 radical (unpaired) electrons. The Bertz CT molecular complexity index is 1050. The standard InChI is InChI=1S/C21H21NO5S/c1-12-4-6-17-15(10-27-21(17)13(12)2)8-20(25)26-11-18(24)19-7-5-16(28-19)9-22-14(3)23/h4-7,10H,8-9,11H2,1-3H3,(H,22,23). The molecule has 0 unspecified atom stereocenters. The van der Waals surface area contributed by atoms with Gasteiger partial charge in [0.15, 0.2) is 6.61 Å². The summed E-state index contributed by atoms with van der Waals surface area (Å²) in [4.78, 5) is 36.7. The smallest absolute Gasteiger partial charge is 0.310 e. The highest BCUT2D eigenvalue weighted by atomic mass is 32.1. The molecule has 0 bridgehead atoms. The van der Waals surface area contributed by atoms with E-state index in [1.807, 2.05) is 26.0 Å². The molecule has 28 heavy (non-hydrogen) atoms. The summed E-state index contributed by atoms with van der Waals surface area (Å²) in [5.74, 6) is -0.882. The van der Waals surface area contributed by atoms with Crippen molar-refractivity contribution in [3.8, 4) is 0 Å². The van der Waals surface area contributed by atoms with Crippen LogP contribution in [0, 0.1) is 13.8 Å². The highest BCUT2D eigenvalue weighted by molar-refractivity contribution is 7.14. The van der Waals surface area contributed by atoms with Crippen molar-refractivity contribution >= 4 is 40.0 Å². The molecule has 2 heterocycles. The van der Waals surface area contributed by atoms with Crippen molar-refractivity contribution in [3.63, 3.8) is 0 Å². The van der Waals surface area contributed by atoms with E-state index in [2.05, 4.69) is 5.32 Å². The molecule has 2 aromatic heterocycles. The van der Waals surface area contributed by atoms with Crippen LogP contribution in [0.15, 0.2) is 34.9 Å². The lowest BCUT2D eigenvalue weighted by Gasteiger charge is -2.03. The van der Waals surface area contributed by atoms with Gasteiger partial charge in [0.25, 0.3) is 0 Å². The van der Waals surface area contributed by atoms with Crippen LogP contribution in [0.1, 0.15) is 38.2 Å². The highest BCUT2D eigenvalue weighted by Gasteiger charge is 2.16. The fourth-order valence-corrected chi connectivity index (χ4v) is 3.66. The van der Waals surface area contributed by atoms with Crippen LogP contribution < -0.4 is 5.32 Å². The first-order valence-electron chi connectivity index (χ1n) is 8.83. The van der Waals surface area contributed by atoms with Crippen LogP contribution in [0.4, 0.5) is 0 Å². The van der Waals surface area contributed by atoms with Gasteiger partial charge in [-0.25, -0.2) is 0 Å². The first-order valence-corrected chi connectivity index (χ1v) is 9.65. The quantitative estimate of drug-likeness (QED) is 0.483. The molecule has 146 valence electrons. The van der Waals surface area contributed by atoms with Crippen LogP contribution in [0.5, 0.6) is 0 Å². The molecule has 0 saturated carbocycles. The number of rotatable bonds is 7. The largest absolute Gasteiger partial charge is 0.464 e. The van der Waals surface area contributed by atoms with Gasteiger partial charge in [-0.15, -0.1) is 11.3 Å². The predicted octanol–water partition coefficient (Wildman–Crippen LogP) is 3.72. The number of esters is 1. The fraction of sp³-hybridized carbons (Fsp3) is 0.286. The zero-order valence-corrected chi connectivity index (χ0v) is 16.8. The van der Waals surface area contributed by atoms with Gasteiger partial charge < -0.3 is 14.5 Å². The molecule has 1 N–H and O–H groups in total. The van der Waals surface area contributed by atoms with Gasteiger partial charge in [0.2, 0.25) is 11.7 Å². The van der Waals surface area contributed by atoms with Gasteiger partial charge in [-0.2, -0.15) is 0 Å². The molecule has 0 fully saturated rings. The van der Waals surface area contributed by atoms with Crippen molar-refractivity contribution in [2.24, 2.45) is 0 Å². The Labute approximate surface area is 166 Å². The molecule has 7 heteroatoms. The third-order valence-electron chi connectivity index (χ3n) is 4.49. The van der Waals surface area contributed by atoms with Crippen molar-refractivity contribution in [1.82, 2.24) is 5.32 Å². The Morgan fingerprint density at radius 1 is 1.14 bits per heavy atom. The van der Waals surface area contributed by atoms with Crippen LogP contribution in [0.25, 0.3) is 11.0 Å². The van der Waals surface area contributed by atoms with E-state index in [1.54, 1.807) is 18.4 Å². The van der Waals surface area contributed by atoms with Crippen LogP contribution in [0.2, 0.25) is 0 Å². The van der Waals surface area contributed by atoms with Crippen molar-refractivity contribution < 1.29 is 23.5 Å². The van der Waals surface area contributed by atoms with Crippen molar-refractivity contribution in [2.75, 3.05) is 6.61 Å². The zero-order valence-electron chi connectivity index (χ0n) is 16.0. The average Bonchev–Trinajstić information content (AvgIpc) is 3.29. The van der Waals surface area contributed by atoms with E-state index >= 15 is 0 Å². The van der Waals surface area contributed by atoms with Gasteiger partial charge in [0.1, 0.15) is 5.58 Å². The van der Waals surface area contributed by atoms with Gasteiger partial charge in [0, 0.05) is 22.8 Å². The fourth-order valence-electron chi connectivity index (χ4n) is 2.78. The number of amides is 1. The van der Waals surface area contributed by atoms with E-state index in [0.29, 0.717) is 11.4 Å². The maximum Gasteiger partial charge on any atom is 0.310 e. The maximum atomic E-state index is 12.2. The summed E-state index contributed by atoms with van der Waals surface area (Å²) in [5.41, 5.74) is 3.67. The number of hydrogen-bond donors (Lipinski definition) is 1. The summed E-state index contributed by atoms with van der Waals surface area (Å²) in [6.07, 6.45) is 1.61. The number of nitrogens with one attached hydrogen (secondary N) is 1. The molecule has 0 aliphatic heterocycles. The number of ether oxygens (including phenoxy) is 1. The van der Waals surface area contributed by atoms with Gasteiger partial charge in [0.05, 0.1) is 24.1 Å². The number of carbonyl (C=O) groups excluding carboxylic acids is 3. The van der Waals surface area contributed by atoms with E-state index in [9.17, 15) is 14.4 Å². The summed E-state index contributed by atoms with van der Waals surface area (Å²) in [6, 6.07) is 7.36. The number of Topliss-reactive ketones (excluding diaryl/α,β-unsaturated/α-hetero) is 1. The first kappa shape index (κ1) is 19.8. The number of fused-ring (bicyclic) bond motifs is 1. The molecule has 3 rings (SSSR count). The monoisotopic (exact) mass is 399 g/mol. The summed E-state index contributed by atoms with van der Waals surface area (Å²) >= 11 is 1.27. The molecule has 0 aliphatic rings. The molecule has 6 nitrogen and oxygen atoms in total. The first-order chi connectivity index (χ1) is 13.3. The number of carbonyl (C=O) groups is 3. The lowest BCUT2D eigenvalue weighted by atomic mass is 10.0. The Morgan fingerprint density at radius 3 is 2.68 bits per heavy atom. The molecule has 0 spiro atoms. The minimum Gasteiger partial charge on any atom is -0.464 e. The minimum atomic E-state index is -0.482. The summed E-state index contributed by atoms with van der Waals surface area (Å²) < 4.78 is 10.7. The lowest BCUT2D eigenvalue weighted by molar-refractivity contribution is -0.141. The van der Waals surface area contributed by atoms with Crippen LogP contribution >= 0.6 is 11.3 Å². The van der Waals surface area contributed by atoms with Gasteiger partial charge in [-0.05, 0) is 37.1 Å². The van der Waals surface area contributed by atoms with E-state index in [1.165, 1.54) is 18.3 Å². The van der Waals surface area contributed by atoms with E-state index in [0.717, 1.165) is 32.5 Å². The van der Waals surface area contributed by atoms with Crippen molar-refractivity contribution in [1.29, 1.82) is 0 Å². The van der Waals surface area contributed by atoms with E-state index in [4.69, 9.17) is 9.15 Å². The van der Waals surface area contributed by atoms with E-state index in [-0.39, 0.29) is 24.7 Å². The third kappa shape index (κ3) is 4.48.